The van der Waals surface area contributed by atoms with E-state index >= 15 is 0 Å². The van der Waals surface area contributed by atoms with Crippen molar-refractivity contribution in [3.8, 4) is 0 Å². The Bertz CT molecular complexity index is 455. The van der Waals surface area contributed by atoms with Crippen LogP contribution in [0.25, 0.3) is 0 Å². The Kier molecular flexibility index (Phi) is 8.67. The van der Waals surface area contributed by atoms with Crippen molar-refractivity contribution < 1.29 is 14.3 Å². The van der Waals surface area contributed by atoms with Gasteiger partial charge in [0.2, 0.25) is 0 Å². The maximum atomic E-state index is 11.5. The zero-order valence-corrected chi connectivity index (χ0v) is 14.8. The van der Waals surface area contributed by atoms with Crippen LogP contribution >= 0.6 is 0 Å². The molecule has 1 aromatic rings. The SMILES string of the molecule is CCCCOC(=O)NC[C@H]1CC[C@@H](COCc2ccccc2)CC1. The highest BCUT2D eigenvalue weighted by Crippen LogP contribution is 2.28. The minimum absolute atomic E-state index is 0.267. The van der Waals surface area contributed by atoms with Crippen molar-refractivity contribution in [2.75, 3.05) is 19.8 Å². The molecular weight excluding hydrogens is 302 g/mol. The maximum Gasteiger partial charge on any atom is 0.407 e. The van der Waals surface area contributed by atoms with Gasteiger partial charge >= 0.3 is 6.09 Å². The molecule has 0 aliphatic heterocycles. The molecule has 1 saturated carbocycles. The summed E-state index contributed by atoms with van der Waals surface area (Å²) in [6.45, 7) is 4.89. The third-order valence-electron chi connectivity index (χ3n) is 4.70. The van der Waals surface area contributed by atoms with Gasteiger partial charge < -0.3 is 14.8 Å². The van der Waals surface area contributed by atoms with E-state index in [1.54, 1.807) is 0 Å². The van der Waals surface area contributed by atoms with Crippen LogP contribution in [0.5, 0.6) is 0 Å². The van der Waals surface area contributed by atoms with Crippen LogP contribution in [0, 0.1) is 11.8 Å². The van der Waals surface area contributed by atoms with Gasteiger partial charge in [0.25, 0.3) is 0 Å². The number of nitrogens with one attached hydrogen (secondary N) is 1. The molecule has 1 aromatic carbocycles. The monoisotopic (exact) mass is 333 g/mol. The van der Waals surface area contributed by atoms with E-state index in [0.717, 1.165) is 38.8 Å². The van der Waals surface area contributed by atoms with Crippen LogP contribution in [0.1, 0.15) is 51.0 Å². The van der Waals surface area contributed by atoms with Crippen LogP contribution < -0.4 is 5.32 Å². The molecule has 0 heterocycles. The summed E-state index contributed by atoms with van der Waals surface area (Å²) in [6.07, 6.45) is 6.41. The fourth-order valence-electron chi connectivity index (χ4n) is 3.11. The van der Waals surface area contributed by atoms with Gasteiger partial charge in [-0.05, 0) is 49.5 Å². The second-order valence-electron chi connectivity index (χ2n) is 6.76. The Morgan fingerprint density at radius 3 is 2.54 bits per heavy atom. The third-order valence-corrected chi connectivity index (χ3v) is 4.70. The normalized spacial score (nSPS) is 20.5. The van der Waals surface area contributed by atoms with E-state index in [-0.39, 0.29) is 6.09 Å². The van der Waals surface area contributed by atoms with Gasteiger partial charge in [-0.2, -0.15) is 0 Å². The molecule has 1 aliphatic rings. The molecule has 0 unspecified atom stereocenters. The minimum atomic E-state index is -0.267. The Morgan fingerprint density at radius 2 is 1.83 bits per heavy atom. The number of carbonyl (C=O) groups is 1. The van der Waals surface area contributed by atoms with E-state index in [4.69, 9.17) is 9.47 Å². The van der Waals surface area contributed by atoms with Gasteiger partial charge in [0.1, 0.15) is 0 Å². The Labute approximate surface area is 145 Å². The summed E-state index contributed by atoms with van der Waals surface area (Å²) >= 11 is 0. The fraction of sp³-hybridized carbons (Fsp3) is 0.650. The predicted molar refractivity (Wildman–Crippen MR) is 95.8 cm³/mol. The number of carbonyl (C=O) groups excluding carboxylic acids is 1. The second kappa shape index (κ2) is 11.1. The first kappa shape index (κ1) is 18.8. The molecule has 0 atom stereocenters. The number of alkyl carbamates (subject to hydrolysis) is 1. The summed E-state index contributed by atoms with van der Waals surface area (Å²) < 4.78 is 11.0. The van der Waals surface area contributed by atoms with Crippen LogP contribution in [0.3, 0.4) is 0 Å². The molecule has 2 rings (SSSR count). The van der Waals surface area contributed by atoms with Crippen molar-refractivity contribution in [3.63, 3.8) is 0 Å². The Morgan fingerprint density at radius 1 is 1.12 bits per heavy atom. The van der Waals surface area contributed by atoms with Crippen LogP contribution in [0.15, 0.2) is 30.3 Å². The highest BCUT2D eigenvalue weighted by Gasteiger charge is 2.21. The van der Waals surface area contributed by atoms with Crippen molar-refractivity contribution in [1.82, 2.24) is 5.32 Å². The van der Waals surface area contributed by atoms with Crippen molar-refractivity contribution in [2.24, 2.45) is 11.8 Å². The van der Waals surface area contributed by atoms with E-state index in [2.05, 4.69) is 24.4 Å². The lowest BCUT2D eigenvalue weighted by Gasteiger charge is -2.28. The van der Waals surface area contributed by atoms with Crippen LogP contribution in [0.2, 0.25) is 0 Å². The van der Waals surface area contributed by atoms with Gasteiger partial charge in [-0.1, -0.05) is 43.7 Å². The molecule has 0 radical (unpaired) electrons. The number of rotatable bonds is 9. The van der Waals surface area contributed by atoms with E-state index in [1.165, 1.54) is 18.4 Å². The topological polar surface area (TPSA) is 47.6 Å². The van der Waals surface area contributed by atoms with Gasteiger partial charge in [-0.15, -0.1) is 0 Å². The van der Waals surface area contributed by atoms with Crippen LogP contribution in [0.4, 0.5) is 4.79 Å². The average molecular weight is 333 g/mol. The molecule has 0 spiro atoms. The molecule has 1 N–H and O–H groups in total. The summed E-state index contributed by atoms with van der Waals surface area (Å²) in [7, 11) is 0. The number of amides is 1. The molecule has 4 nitrogen and oxygen atoms in total. The van der Waals surface area contributed by atoms with Crippen molar-refractivity contribution >= 4 is 6.09 Å². The van der Waals surface area contributed by atoms with Gasteiger partial charge in [0, 0.05) is 13.2 Å². The first-order valence-electron chi connectivity index (χ1n) is 9.30. The number of benzene rings is 1. The molecule has 134 valence electrons. The molecule has 1 amide bonds. The Hall–Kier alpha value is -1.55. The lowest BCUT2D eigenvalue weighted by atomic mass is 9.82. The first-order valence-corrected chi connectivity index (χ1v) is 9.30. The van der Waals surface area contributed by atoms with Crippen LogP contribution in [-0.4, -0.2) is 25.9 Å². The third kappa shape index (κ3) is 7.35. The summed E-state index contributed by atoms with van der Waals surface area (Å²) in [5, 5.41) is 2.90. The molecule has 0 saturated heterocycles. The molecule has 0 aromatic heterocycles. The first-order chi connectivity index (χ1) is 11.8. The highest BCUT2D eigenvalue weighted by atomic mass is 16.5. The average Bonchev–Trinajstić information content (AvgIpc) is 2.62. The van der Waals surface area contributed by atoms with E-state index in [0.29, 0.717) is 25.0 Å². The van der Waals surface area contributed by atoms with E-state index < -0.39 is 0 Å². The zero-order valence-electron chi connectivity index (χ0n) is 14.8. The molecule has 0 bridgehead atoms. The fourth-order valence-corrected chi connectivity index (χ4v) is 3.11. The summed E-state index contributed by atoms with van der Waals surface area (Å²) in [6, 6.07) is 10.3. The summed E-state index contributed by atoms with van der Waals surface area (Å²) in [5.74, 6) is 1.23. The summed E-state index contributed by atoms with van der Waals surface area (Å²) in [5.41, 5.74) is 1.23. The zero-order chi connectivity index (χ0) is 17.0. The van der Waals surface area contributed by atoms with Gasteiger partial charge in [-0.25, -0.2) is 4.79 Å². The number of unbranched alkanes of at least 4 members (excludes halogenated alkanes) is 1. The maximum absolute atomic E-state index is 11.5. The van der Waals surface area contributed by atoms with Crippen molar-refractivity contribution in [3.05, 3.63) is 35.9 Å². The summed E-state index contributed by atoms with van der Waals surface area (Å²) in [4.78, 5) is 11.5. The van der Waals surface area contributed by atoms with Gasteiger partial charge in [0.15, 0.2) is 0 Å². The van der Waals surface area contributed by atoms with Crippen molar-refractivity contribution in [2.45, 2.75) is 52.1 Å². The predicted octanol–water partition coefficient (Wildman–Crippen LogP) is 4.54. The second-order valence-corrected chi connectivity index (χ2v) is 6.76. The van der Waals surface area contributed by atoms with E-state index in [9.17, 15) is 4.79 Å². The highest BCUT2D eigenvalue weighted by molar-refractivity contribution is 5.67. The Balaban J connectivity index is 1.52. The molecule has 4 heteroatoms. The molecule has 1 fully saturated rings. The van der Waals surface area contributed by atoms with Crippen molar-refractivity contribution in [1.29, 1.82) is 0 Å². The largest absolute Gasteiger partial charge is 0.450 e. The number of hydrogen-bond acceptors (Lipinski definition) is 3. The smallest absolute Gasteiger partial charge is 0.407 e. The van der Waals surface area contributed by atoms with Crippen LogP contribution in [-0.2, 0) is 16.1 Å². The molecule has 24 heavy (non-hydrogen) atoms. The van der Waals surface area contributed by atoms with Gasteiger partial charge in [-0.3, -0.25) is 0 Å². The molecular formula is C20H31NO3. The number of hydrogen-bond donors (Lipinski definition) is 1. The quantitative estimate of drug-likeness (QED) is 0.675. The number of ether oxygens (including phenoxy) is 2. The standard InChI is InChI=1S/C20H31NO3/c1-2-3-13-24-20(22)21-14-17-9-11-19(12-10-17)16-23-15-18-7-5-4-6-8-18/h4-8,17,19H,2-3,9-16H2,1H3,(H,21,22)/t17-,19+. The lowest BCUT2D eigenvalue weighted by molar-refractivity contribution is 0.0667. The minimum Gasteiger partial charge on any atom is -0.450 e. The van der Waals surface area contributed by atoms with E-state index in [1.807, 2.05) is 18.2 Å². The lowest BCUT2D eigenvalue weighted by Crippen LogP contribution is -2.32. The molecule has 1 aliphatic carbocycles. The van der Waals surface area contributed by atoms with Gasteiger partial charge in [0.05, 0.1) is 13.2 Å².